The number of thioether (sulfide) groups is 1. The van der Waals surface area contributed by atoms with Gasteiger partial charge in [-0.1, -0.05) is 22.9 Å². The van der Waals surface area contributed by atoms with Crippen LogP contribution in [0.15, 0.2) is 22.7 Å². The fraction of sp³-hybridized carbons (Fsp3) is 0.455. The van der Waals surface area contributed by atoms with E-state index in [2.05, 4.69) is 27.8 Å². The summed E-state index contributed by atoms with van der Waals surface area (Å²) in [7, 11) is 0. The van der Waals surface area contributed by atoms with Crippen LogP contribution in [0.4, 0.5) is 11.4 Å². The molecule has 1 heterocycles. The van der Waals surface area contributed by atoms with Crippen molar-refractivity contribution in [1.82, 2.24) is 0 Å². The maximum Gasteiger partial charge on any atom is 0.293 e. The van der Waals surface area contributed by atoms with E-state index in [0.717, 1.165) is 29.0 Å². The smallest absolute Gasteiger partial charge is 0.293 e. The van der Waals surface area contributed by atoms with Crippen molar-refractivity contribution in [2.75, 3.05) is 23.7 Å². The van der Waals surface area contributed by atoms with Gasteiger partial charge in [-0.3, -0.25) is 10.1 Å². The Morgan fingerprint density at radius 1 is 1.59 bits per heavy atom. The summed E-state index contributed by atoms with van der Waals surface area (Å²) in [6, 6.07) is 5.25. The van der Waals surface area contributed by atoms with Gasteiger partial charge < -0.3 is 4.90 Å². The molecule has 1 aromatic carbocycles. The average molecular weight is 317 g/mol. The van der Waals surface area contributed by atoms with E-state index >= 15 is 0 Å². The zero-order valence-electron chi connectivity index (χ0n) is 9.43. The van der Waals surface area contributed by atoms with Crippen LogP contribution in [0.3, 0.4) is 0 Å². The molecule has 1 atom stereocenters. The van der Waals surface area contributed by atoms with Crippen LogP contribution in [0.25, 0.3) is 0 Å². The van der Waals surface area contributed by atoms with Crippen LogP contribution in [0.2, 0.25) is 0 Å². The third-order valence-electron chi connectivity index (χ3n) is 2.72. The van der Waals surface area contributed by atoms with Crippen molar-refractivity contribution in [2.45, 2.75) is 12.2 Å². The Labute approximate surface area is 113 Å². The average Bonchev–Trinajstić information content (AvgIpc) is 2.28. The largest absolute Gasteiger partial charge is 0.364 e. The molecule has 6 heteroatoms. The van der Waals surface area contributed by atoms with Crippen LogP contribution in [0, 0.1) is 10.1 Å². The van der Waals surface area contributed by atoms with Crippen molar-refractivity contribution >= 4 is 39.1 Å². The molecule has 1 aromatic rings. The van der Waals surface area contributed by atoms with Crippen LogP contribution < -0.4 is 4.90 Å². The molecule has 0 amide bonds. The monoisotopic (exact) mass is 316 g/mol. The molecule has 92 valence electrons. The summed E-state index contributed by atoms with van der Waals surface area (Å²) in [4.78, 5) is 12.8. The summed E-state index contributed by atoms with van der Waals surface area (Å²) in [5, 5.41) is 11.6. The number of halogens is 1. The minimum absolute atomic E-state index is 0.179. The highest BCUT2D eigenvalue weighted by atomic mass is 79.9. The Balaban J connectivity index is 2.33. The molecule has 2 rings (SSSR count). The maximum atomic E-state index is 11.1. The van der Waals surface area contributed by atoms with Crippen molar-refractivity contribution in [3.63, 3.8) is 0 Å². The van der Waals surface area contributed by atoms with Crippen LogP contribution in [-0.4, -0.2) is 29.0 Å². The summed E-state index contributed by atoms with van der Waals surface area (Å²) in [6.07, 6.45) is 0. The van der Waals surface area contributed by atoms with Gasteiger partial charge in [0.15, 0.2) is 0 Å². The Morgan fingerprint density at radius 2 is 2.35 bits per heavy atom. The zero-order chi connectivity index (χ0) is 12.4. The number of nitro groups is 1. The van der Waals surface area contributed by atoms with Gasteiger partial charge >= 0.3 is 0 Å². The van der Waals surface area contributed by atoms with Gasteiger partial charge in [-0.25, -0.2) is 0 Å². The molecule has 0 saturated carbocycles. The topological polar surface area (TPSA) is 46.4 Å². The molecule has 0 bridgehead atoms. The predicted octanol–water partition coefficient (Wildman–Crippen LogP) is 3.30. The van der Waals surface area contributed by atoms with Crippen molar-refractivity contribution in [1.29, 1.82) is 0 Å². The standard InChI is InChI=1S/C11H13BrN2O2S/c1-8-7-13(4-5-17-8)10-3-2-9(12)6-11(10)14(15)16/h2-3,6,8H,4-5,7H2,1H3. The van der Waals surface area contributed by atoms with E-state index < -0.39 is 0 Å². The van der Waals surface area contributed by atoms with Gasteiger partial charge in [-0.05, 0) is 12.1 Å². The Morgan fingerprint density at radius 3 is 3.00 bits per heavy atom. The second kappa shape index (κ2) is 5.27. The first-order valence-corrected chi connectivity index (χ1v) is 7.22. The number of nitrogens with zero attached hydrogens (tertiary/aromatic N) is 2. The van der Waals surface area contributed by atoms with Crippen LogP contribution in [0.5, 0.6) is 0 Å². The Bertz CT molecular complexity index is 441. The lowest BCUT2D eigenvalue weighted by Crippen LogP contribution is -2.36. The number of nitro benzene ring substituents is 1. The molecule has 0 N–H and O–H groups in total. The van der Waals surface area contributed by atoms with E-state index in [4.69, 9.17) is 0 Å². The fourth-order valence-electron chi connectivity index (χ4n) is 1.95. The first-order valence-electron chi connectivity index (χ1n) is 5.38. The fourth-order valence-corrected chi connectivity index (χ4v) is 3.31. The normalized spacial score (nSPS) is 20.4. The molecule has 0 aliphatic carbocycles. The Hall–Kier alpha value is -0.750. The highest BCUT2D eigenvalue weighted by Crippen LogP contribution is 2.33. The Kier molecular flexibility index (Phi) is 3.93. The second-order valence-electron chi connectivity index (χ2n) is 4.02. The number of hydrogen-bond acceptors (Lipinski definition) is 4. The van der Waals surface area contributed by atoms with E-state index in [-0.39, 0.29) is 10.6 Å². The van der Waals surface area contributed by atoms with Gasteiger partial charge in [0.05, 0.1) is 4.92 Å². The van der Waals surface area contributed by atoms with Gasteiger partial charge in [0.2, 0.25) is 0 Å². The first-order chi connectivity index (χ1) is 8.08. The molecule has 0 radical (unpaired) electrons. The first kappa shape index (κ1) is 12.7. The molecule has 1 unspecified atom stereocenters. The van der Waals surface area contributed by atoms with E-state index in [9.17, 15) is 10.1 Å². The maximum absolute atomic E-state index is 11.1. The zero-order valence-corrected chi connectivity index (χ0v) is 11.8. The van der Waals surface area contributed by atoms with Gasteiger partial charge in [-0.2, -0.15) is 11.8 Å². The molecular formula is C11H13BrN2O2S. The van der Waals surface area contributed by atoms with Crippen molar-refractivity contribution in [3.05, 3.63) is 32.8 Å². The van der Waals surface area contributed by atoms with Crippen LogP contribution in [0.1, 0.15) is 6.92 Å². The summed E-state index contributed by atoms with van der Waals surface area (Å²) in [5.41, 5.74) is 0.906. The number of benzene rings is 1. The van der Waals surface area contributed by atoms with Crippen LogP contribution in [-0.2, 0) is 0 Å². The SMILES string of the molecule is CC1CN(c2ccc(Br)cc2[N+](=O)[O-])CCS1. The third-order valence-corrected chi connectivity index (χ3v) is 4.35. The molecule has 4 nitrogen and oxygen atoms in total. The number of anilines is 1. The van der Waals surface area contributed by atoms with Crippen molar-refractivity contribution < 1.29 is 4.92 Å². The minimum Gasteiger partial charge on any atom is -0.364 e. The van der Waals surface area contributed by atoms with Crippen molar-refractivity contribution in [3.8, 4) is 0 Å². The lowest BCUT2D eigenvalue weighted by atomic mass is 10.2. The van der Waals surface area contributed by atoms with Gasteiger partial charge in [-0.15, -0.1) is 0 Å². The molecule has 17 heavy (non-hydrogen) atoms. The highest BCUT2D eigenvalue weighted by Gasteiger charge is 2.23. The number of rotatable bonds is 2. The molecule has 0 aromatic heterocycles. The highest BCUT2D eigenvalue weighted by molar-refractivity contribution is 9.10. The summed E-state index contributed by atoms with van der Waals surface area (Å²) in [6.45, 7) is 3.89. The van der Waals surface area contributed by atoms with Crippen LogP contribution >= 0.6 is 27.7 Å². The summed E-state index contributed by atoms with van der Waals surface area (Å²) in [5.74, 6) is 1.02. The molecule has 1 aliphatic rings. The molecular weight excluding hydrogens is 304 g/mol. The molecule has 1 fully saturated rings. The summed E-state index contributed by atoms with van der Waals surface area (Å²) < 4.78 is 0.743. The lowest BCUT2D eigenvalue weighted by Gasteiger charge is -2.32. The van der Waals surface area contributed by atoms with E-state index in [1.807, 2.05) is 23.9 Å². The summed E-state index contributed by atoms with van der Waals surface area (Å²) >= 11 is 5.19. The minimum atomic E-state index is -0.313. The van der Waals surface area contributed by atoms with E-state index in [1.54, 1.807) is 6.07 Å². The molecule has 1 saturated heterocycles. The lowest BCUT2D eigenvalue weighted by molar-refractivity contribution is -0.384. The quantitative estimate of drug-likeness (QED) is 0.620. The van der Waals surface area contributed by atoms with Gasteiger partial charge in [0, 0.05) is 34.6 Å². The second-order valence-corrected chi connectivity index (χ2v) is 6.48. The molecule has 0 spiro atoms. The molecule has 1 aliphatic heterocycles. The predicted molar refractivity (Wildman–Crippen MR) is 74.9 cm³/mol. The van der Waals surface area contributed by atoms with E-state index in [0.29, 0.717) is 5.25 Å². The van der Waals surface area contributed by atoms with Gasteiger partial charge in [0.1, 0.15) is 5.69 Å². The van der Waals surface area contributed by atoms with Gasteiger partial charge in [0.25, 0.3) is 5.69 Å². The third kappa shape index (κ3) is 2.93. The number of hydrogen-bond donors (Lipinski definition) is 0. The van der Waals surface area contributed by atoms with E-state index in [1.165, 1.54) is 0 Å². The van der Waals surface area contributed by atoms with Crippen molar-refractivity contribution in [2.24, 2.45) is 0 Å².